The van der Waals surface area contributed by atoms with Crippen LogP contribution in [0, 0.1) is 6.92 Å². The van der Waals surface area contributed by atoms with Crippen molar-refractivity contribution in [2.45, 2.75) is 40.2 Å². The van der Waals surface area contributed by atoms with Crippen molar-refractivity contribution in [2.24, 2.45) is 0 Å². The summed E-state index contributed by atoms with van der Waals surface area (Å²) in [5, 5.41) is 3.01. The molecule has 6 heteroatoms. The fourth-order valence-electron chi connectivity index (χ4n) is 4.42. The number of unbranched alkanes of at least 4 members (excludes halogenated alkanes) is 1. The lowest BCUT2D eigenvalue weighted by molar-refractivity contribution is -0.117. The first-order valence-electron chi connectivity index (χ1n) is 13.4. The van der Waals surface area contributed by atoms with Crippen LogP contribution < -0.4 is 15.0 Å². The maximum Gasteiger partial charge on any atom is 0.294 e. The summed E-state index contributed by atoms with van der Waals surface area (Å²) >= 11 is 0. The molecule has 6 nitrogen and oxygen atoms in total. The largest absolute Gasteiger partial charge is 0.449 e. The van der Waals surface area contributed by atoms with E-state index >= 15 is 0 Å². The van der Waals surface area contributed by atoms with Gasteiger partial charge in [0, 0.05) is 18.7 Å². The fraction of sp³-hybridized carbons (Fsp3) is 0.312. The van der Waals surface area contributed by atoms with Gasteiger partial charge in [-0.25, -0.2) is 0 Å². The number of hydrogen-bond acceptors (Lipinski definition) is 4. The van der Waals surface area contributed by atoms with Gasteiger partial charge in [0.05, 0.1) is 12.2 Å². The molecule has 3 aromatic rings. The highest BCUT2D eigenvalue weighted by Gasteiger charge is 2.30. The van der Waals surface area contributed by atoms with E-state index in [2.05, 4.69) is 24.1 Å². The van der Waals surface area contributed by atoms with Crippen LogP contribution in [0.2, 0.25) is 0 Å². The number of benzene rings is 3. The monoisotopic (exact) mass is 511 g/mol. The van der Waals surface area contributed by atoms with Crippen molar-refractivity contribution < 1.29 is 14.3 Å². The van der Waals surface area contributed by atoms with Gasteiger partial charge < -0.3 is 15.0 Å². The molecular weight excluding hydrogens is 474 g/mol. The summed E-state index contributed by atoms with van der Waals surface area (Å²) in [7, 11) is 0. The van der Waals surface area contributed by atoms with Gasteiger partial charge in [-0.15, -0.1) is 0 Å². The zero-order valence-corrected chi connectivity index (χ0v) is 22.6. The predicted molar refractivity (Wildman–Crippen MR) is 153 cm³/mol. The third-order valence-electron chi connectivity index (χ3n) is 6.75. The number of fused-ring (bicyclic) bond motifs is 1. The number of carbonyl (C=O) groups excluding carboxylic acids is 2. The molecule has 4 rings (SSSR count). The quantitative estimate of drug-likeness (QED) is 0.330. The number of para-hydroxylation sites is 2. The Labute approximate surface area is 225 Å². The lowest BCUT2D eigenvalue weighted by Crippen LogP contribution is -2.36. The number of rotatable bonds is 11. The van der Waals surface area contributed by atoms with Crippen LogP contribution in [-0.2, 0) is 11.3 Å². The van der Waals surface area contributed by atoms with Crippen molar-refractivity contribution in [3.05, 3.63) is 101 Å². The van der Waals surface area contributed by atoms with Gasteiger partial charge in [-0.3, -0.25) is 14.5 Å². The Balaban J connectivity index is 1.44. The Hall–Kier alpha value is -3.90. The normalized spacial score (nSPS) is 13.9. The van der Waals surface area contributed by atoms with E-state index in [0.29, 0.717) is 24.4 Å². The van der Waals surface area contributed by atoms with E-state index in [-0.39, 0.29) is 17.6 Å². The molecule has 2 amide bonds. The van der Waals surface area contributed by atoms with E-state index in [9.17, 15) is 9.59 Å². The molecule has 198 valence electrons. The van der Waals surface area contributed by atoms with E-state index in [1.165, 1.54) is 18.4 Å². The molecule has 0 bridgehead atoms. The van der Waals surface area contributed by atoms with Gasteiger partial charge in [0.15, 0.2) is 11.5 Å². The predicted octanol–water partition coefficient (Wildman–Crippen LogP) is 5.81. The summed E-state index contributed by atoms with van der Waals surface area (Å²) in [6.45, 7) is 10.3. The molecule has 0 radical (unpaired) electrons. The highest BCUT2D eigenvalue weighted by atomic mass is 16.5. The van der Waals surface area contributed by atoms with Crippen molar-refractivity contribution in [2.75, 3.05) is 31.1 Å². The van der Waals surface area contributed by atoms with Gasteiger partial charge >= 0.3 is 0 Å². The molecule has 1 N–H and O–H groups in total. The van der Waals surface area contributed by atoms with Crippen LogP contribution in [-0.4, -0.2) is 42.9 Å². The summed E-state index contributed by atoms with van der Waals surface area (Å²) in [6, 6.07) is 23.0. The number of hydrogen-bond donors (Lipinski definition) is 1. The Morgan fingerprint density at radius 1 is 0.974 bits per heavy atom. The Morgan fingerprint density at radius 2 is 1.71 bits per heavy atom. The number of ether oxygens (including phenoxy) is 1. The van der Waals surface area contributed by atoms with E-state index in [1.54, 1.807) is 23.1 Å². The topological polar surface area (TPSA) is 61.9 Å². The molecule has 0 atom stereocenters. The van der Waals surface area contributed by atoms with Crippen molar-refractivity contribution >= 4 is 23.6 Å². The molecule has 1 aliphatic heterocycles. The van der Waals surface area contributed by atoms with Crippen LogP contribution >= 0.6 is 0 Å². The summed E-state index contributed by atoms with van der Waals surface area (Å²) in [5.74, 6) is 0.592. The lowest BCUT2D eigenvalue weighted by Gasteiger charge is -2.30. The zero-order chi connectivity index (χ0) is 26.9. The highest BCUT2D eigenvalue weighted by molar-refractivity contribution is 6.09. The van der Waals surface area contributed by atoms with Gasteiger partial charge in [-0.1, -0.05) is 74.4 Å². The van der Waals surface area contributed by atoms with Crippen LogP contribution in [0.5, 0.6) is 5.75 Å². The van der Waals surface area contributed by atoms with Crippen molar-refractivity contribution in [1.29, 1.82) is 0 Å². The molecule has 0 aromatic heterocycles. The molecule has 0 spiro atoms. The summed E-state index contributed by atoms with van der Waals surface area (Å²) in [4.78, 5) is 30.2. The van der Waals surface area contributed by atoms with Gasteiger partial charge in [-0.05, 0) is 67.9 Å². The molecule has 1 aliphatic rings. The number of carbonyl (C=O) groups is 2. The second-order valence-electron chi connectivity index (χ2n) is 9.62. The number of nitrogens with one attached hydrogen (secondary N) is 1. The first-order valence-corrected chi connectivity index (χ1v) is 13.4. The molecule has 0 saturated carbocycles. The molecule has 0 unspecified atom stereocenters. The van der Waals surface area contributed by atoms with Crippen LogP contribution in [0.15, 0.2) is 78.6 Å². The van der Waals surface area contributed by atoms with E-state index in [1.807, 2.05) is 67.6 Å². The minimum absolute atomic E-state index is 0.0982. The maximum absolute atomic E-state index is 13.5. The van der Waals surface area contributed by atoms with Crippen molar-refractivity contribution in [3.63, 3.8) is 0 Å². The molecule has 38 heavy (non-hydrogen) atoms. The molecule has 1 heterocycles. The van der Waals surface area contributed by atoms with Crippen LogP contribution in [0.3, 0.4) is 0 Å². The Bertz CT molecular complexity index is 1270. The molecule has 3 aromatic carbocycles. The highest BCUT2D eigenvalue weighted by Crippen LogP contribution is 2.36. The van der Waals surface area contributed by atoms with Crippen molar-refractivity contribution in [1.82, 2.24) is 10.2 Å². The Kier molecular flexibility index (Phi) is 9.33. The van der Waals surface area contributed by atoms with E-state index in [0.717, 1.165) is 36.4 Å². The van der Waals surface area contributed by atoms with Crippen LogP contribution in [0.1, 0.15) is 53.7 Å². The van der Waals surface area contributed by atoms with Crippen molar-refractivity contribution in [3.8, 4) is 5.75 Å². The first kappa shape index (κ1) is 27.1. The van der Waals surface area contributed by atoms with Crippen LogP contribution in [0.25, 0.3) is 6.08 Å². The standard InChI is InChI=1S/C32H37N3O3/c1-4-6-20-34(5-2)21-19-33-31(36)27-17-15-25(16-18-27)22-30-32(37)35(23-26-13-11-24(3)12-14-26)28-9-7-8-10-29(28)38-30/h7-18,22H,4-6,19-21,23H2,1-3H3,(H,33,36)/b30-22+. The number of likely N-dealkylation sites (N-methyl/N-ethyl adjacent to an activating group) is 1. The second kappa shape index (κ2) is 13.1. The number of anilines is 1. The first-order chi connectivity index (χ1) is 18.5. The maximum atomic E-state index is 13.5. The number of aryl methyl sites for hydroxylation is 1. The van der Waals surface area contributed by atoms with E-state index < -0.39 is 0 Å². The minimum Gasteiger partial charge on any atom is -0.449 e. The minimum atomic E-state index is -0.199. The lowest BCUT2D eigenvalue weighted by atomic mass is 10.1. The molecule has 0 saturated heterocycles. The average molecular weight is 512 g/mol. The molecular formula is C32H37N3O3. The fourth-order valence-corrected chi connectivity index (χ4v) is 4.42. The average Bonchev–Trinajstić information content (AvgIpc) is 2.94. The van der Waals surface area contributed by atoms with E-state index in [4.69, 9.17) is 4.74 Å². The molecule has 0 fully saturated rings. The third kappa shape index (κ3) is 6.90. The van der Waals surface area contributed by atoms with Gasteiger partial charge in [0.25, 0.3) is 11.8 Å². The van der Waals surface area contributed by atoms with Gasteiger partial charge in [-0.2, -0.15) is 0 Å². The van der Waals surface area contributed by atoms with Crippen LogP contribution in [0.4, 0.5) is 5.69 Å². The third-order valence-corrected chi connectivity index (χ3v) is 6.75. The SMILES string of the molecule is CCCCN(CC)CCNC(=O)c1ccc(/C=C2/Oc3ccccc3N(Cc3ccc(C)cc3)C2=O)cc1. The Morgan fingerprint density at radius 3 is 2.42 bits per heavy atom. The summed E-state index contributed by atoms with van der Waals surface area (Å²) in [6.07, 6.45) is 4.06. The summed E-state index contributed by atoms with van der Waals surface area (Å²) < 4.78 is 6.01. The summed E-state index contributed by atoms with van der Waals surface area (Å²) in [5.41, 5.74) is 4.35. The van der Waals surface area contributed by atoms with Gasteiger partial charge in [0.1, 0.15) is 0 Å². The molecule has 0 aliphatic carbocycles. The second-order valence-corrected chi connectivity index (χ2v) is 9.62. The smallest absolute Gasteiger partial charge is 0.294 e. The number of amides is 2. The number of nitrogens with zero attached hydrogens (tertiary/aromatic N) is 2. The zero-order valence-electron chi connectivity index (χ0n) is 22.6. The van der Waals surface area contributed by atoms with Gasteiger partial charge in [0.2, 0.25) is 0 Å².